The fourth-order valence-electron chi connectivity index (χ4n) is 3.05. The van der Waals surface area contributed by atoms with Crippen LogP contribution >= 0.6 is 0 Å². The summed E-state index contributed by atoms with van der Waals surface area (Å²) in [6.45, 7) is 0. The van der Waals surface area contributed by atoms with Crippen LogP contribution in [0.5, 0.6) is 0 Å². The van der Waals surface area contributed by atoms with Gasteiger partial charge in [0.2, 0.25) is 0 Å². The zero-order valence-electron chi connectivity index (χ0n) is 12.9. The van der Waals surface area contributed by atoms with Gasteiger partial charge >= 0.3 is 0 Å². The second kappa shape index (κ2) is 6.87. The predicted octanol–water partition coefficient (Wildman–Crippen LogP) is 4.61. The largest absolute Gasteiger partial charge is 0.294 e. The summed E-state index contributed by atoms with van der Waals surface area (Å²) in [5, 5.41) is 0. The summed E-state index contributed by atoms with van der Waals surface area (Å²) in [5.74, 6) is -2.13. The number of hydrogen-bond acceptors (Lipinski definition) is 2. The molecule has 2 nitrogen and oxygen atoms in total. The molecule has 1 aliphatic carbocycles. The summed E-state index contributed by atoms with van der Waals surface area (Å²) < 4.78 is 26.1. The third kappa shape index (κ3) is 3.32. The van der Waals surface area contributed by atoms with Gasteiger partial charge in [0.15, 0.2) is 11.6 Å². The monoisotopic (exact) mass is 326 g/mol. The topological polar surface area (TPSA) is 34.1 Å². The Bertz CT molecular complexity index is 709. The molecule has 2 aromatic carbocycles. The molecule has 0 N–H and O–H groups in total. The molecule has 24 heavy (non-hydrogen) atoms. The molecule has 2 aromatic rings. The van der Waals surface area contributed by atoms with Crippen LogP contribution in [0, 0.1) is 23.5 Å². The summed E-state index contributed by atoms with van der Waals surface area (Å²) in [6.07, 6.45) is 4.71. The first-order valence-electron chi connectivity index (χ1n) is 7.81. The van der Waals surface area contributed by atoms with Gasteiger partial charge in [-0.05, 0) is 61.4 Å². The van der Waals surface area contributed by atoms with E-state index in [1.807, 2.05) is 12.2 Å². The molecular weight excluding hydrogens is 310 g/mol. The lowest BCUT2D eigenvalue weighted by molar-refractivity contribution is 0.0761. The van der Waals surface area contributed by atoms with Crippen molar-refractivity contribution < 1.29 is 18.4 Å². The number of hydrogen-bond donors (Lipinski definition) is 0. The number of halogens is 2. The number of allylic oxidation sites excluding steroid dienone is 2. The van der Waals surface area contributed by atoms with Crippen LogP contribution in [0.3, 0.4) is 0 Å². The lowest BCUT2D eigenvalue weighted by Gasteiger charge is -2.26. The smallest absolute Gasteiger partial charge is 0.167 e. The Kier molecular flexibility index (Phi) is 4.65. The van der Waals surface area contributed by atoms with Crippen LogP contribution in [-0.2, 0) is 0 Å². The Balaban J connectivity index is 1.87. The van der Waals surface area contributed by atoms with Gasteiger partial charge in [0.25, 0.3) is 0 Å². The van der Waals surface area contributed by atoms with E-state index in [0.29, 0.717) is 24.0 Å². The van der Waals surface area contributed by atoms with Gasteiger partial charge in [-0.3, -0.25) is 9.59 Å². The van der Waals surface area contributed by atoms with Gasteiger partial charge in [0, 0.05) is 23.0 Å². The maximum absolute atomic E-state index is 13.0. The van der Waals surface area contributed by atoms with Crippen LogP contribution in [0.2, 0.25) is 0 Å². The van der Waals surface area contributed by atoms with E-state index in [1.165, 1.54) is 48.5 Å². The highest BCUT2D eigenvalue weighted by Crippen LogP contribution is 2.31. The molecule has 2 atom stereocenters. The Morgan fingerprint density at radius 1 is 0.667 bits per heavy atom. The van der Waals surface area contributed by atoms with Gasteiger partial charge < -0.3 is 0 Å². The Hall–Kier alpha value is -2.62. The number of benzene rings is 2. The molecule has 122 valence electrons. The molecule has 3 rings (SSSR count). The fourth-order valence-corrected chi connectivity index (χ4v) is 3.05. The second-order valence-corrected chi connectivity index (χ2v) is 5.90. The molecule has 2 unspecified atom stereocenters. The number of rotatable bonds is 4. The highest BCUT2D eigenvalue weighted by Gasteiger charge is 2.34. The molecule has 4 heteroatoms. The minimum atomic E-state index is -0.488. The van der Waals surface area contributed by atoms with Gasteiger partial charge in [-0.15, -0.1) is 0 Å². The zero-order chi connectivity index (χ0) is 17.1. The maximum Gasteiger partial charge on any atom is 0.167 e. The van der Waals surface area contributed by atoms with E-state index in [9.17, 15) is 18.4 Å². The third-order valence-electron chi connectivity index (χ3n) is 4.36. The van der Waals surface area contributed by atoms with E-state index in [0.717, 1.165) is 0 Å². The van der Waals surface area contributed by atoms with E-state index in [1.54, 1.807) is 0 Å². The van der Waals surface area contributed by atoms with Crippen LogP contribution in [0.1, 0.15) is 33.6 Å². The third-order valence-corrected chi connectivity index (χ3v) is 4.36. The minimum absolute atomic E-state index is 0.167. The van der Waals surface area contributed by atoms with Crippen molar-refractivity contribution >= 4 is 11.6 Å². The molecule has 0 fully saturated rings. The number of ketones is 2. The molecule has 0 spiro atoms. The first-order valence-corrected chi connectivity index (χ1v) is 7.81. The minimum Gasteiger partial charge on any atom is -0.294 e. The molecule has 0 heterocycles. The molecule has 1 aliphatic rings. The summed E-state index contributed by atoms with van der Waals surface area (Å²) in [6, 6.07) is 10.7. The second-order valence-electron chi connectivity index (χ2n) is 5.90. The quantitative estimate of drug-likeness (QED) is 0.607. The van der Waals surface area contributed by atoms with Crippen LogP contribution in [-0.4, -0.2) is 11.6 Å². The van der Waals surface area contributed by atoms with Crippen LogP contribution in [0.15, 0.2) is 60.7 Å². The number of carbonyl (C=O) groups is 2. The summed E-state index contributed by atoms with van der Waals surface area (Å²) in [5.41, 5.74) is 0.794. The van der Waals surface area contributed by atoms with Gasteiger partial charge in [0.05, 0.1) is 0 Å². The van der Waals surface area contributed by atoms with Gasteiger partial charge in [-0.25, -0.2) is 8.78 Å². The standard InChI is InChI=1S/C20H16F2O2/c21-15-9-5-13(6-10-15)19(23)17-3-1-2-4-18(17)20(24)14-7-11-16(22)12-8-14/h1-2,5-12,17-18H,3-4H2. The van der Waals surface area contributed by atoms with Crippen molar-refractivity contribution in [3.05, 3.63) is 83.4 Å². The number of Topliss-reactive ketones (excluding diaryl/α,β-unsaturated/α-hetero) is 2. The highest BCUT2D eigenvalue weighted by atomic mass is 19.1. The molecule has 0 radical (unpaired) electrons. The van der Waals surface area contributed by atoms with Crippen molar-refractivity contribution in [1.29, 1.82) is 0 Å². The molecule has 0 aliphatic heterocycles. The number of carbonyl (C=O) groups excluding carboxylic acids is 2. The summed E-state index contributed by atoms with van der Waals surface area (Å²) in [4.78, 5) is 25.5. The molecule has 0 bridgehead atoms. The van der Waals surface area contributed by atoms with Crippen LogP contribution in [0.25, 0.3) is 0 Å². The average Bonchev–Trinajstić information content (AvgIpc) is 2.62. The highest BCUT2D eigenvalue weighted by molar-refractivity contribution is 6.05. The maximum atomic E-state index is 13.0. The molecule has 0 saturated carbocycles. The lowest BCUT2D eigenvalue weighted by Crippen LogP contribution is -2.31. The van der Waals surface area contributed by atoms with E-state index in [-0.39, 0.29) is 11.6 Å². The van der Waals surface area contributed by atoms with Gasteiger partial charge in [0.1, 0.15) is 11.6 Å². The van der Waals surface area contributed by atoms with E-state index in [2.05, 4.69) is 0 Å². The van der Waals surface area contributed by atoms with Crippen LogP contribution in [0.4, 0.5) is 8.78 Å². The van der Waals surface area contributed by atoms with Gasteiger partial charge in [-0.1, -0.05) is 12.2 Å². The lowest BCUT2D eigenvalue weighted by atomic mass is 9.75. The van der Waals surface area contributed by atoms with Crippen molar-refractivity contribution in [3.8, 4) is 0 Å². The van der Waals surface area contributed by atoms with E-state index < -0.39 is 23.5 Å². The van der Waals surface area contributed by atoms with Crippen LogP contribution < -0.4 is 0 Å². The Morgan fingerprint density at radius 3 is 1.33 bits per heavy atom. The van der Waals surface area contributed by atoms with E-state index >= 15 is 0 Å². The van der Waals surface area contributed by atoms with Crippen molar-refractivity contribution in [2.75, 3.05) is 0 Å². The Labute approximate surface area is 138 Å². The predicted molar refractivity (Wildman–Crippen MR) is 86.8 cm³/mol. The fraction of sp³-hybridized carbons (Fsp3) is 0.200. The van der Waals surface area contributed by atoms with Crippen molar-refractivity contribution in [2.45, 2.75) is 12.8 Å². The summed E-state index contributed by atoms with van der Waals surface area (Å²) in [7, 11) is 0. The molecule has 0 aromatic heterocycles. The normalized spacial score (nSPS) is 19.9. The molecule has 0 amide bonds. The SMILES string of the molecule is O=C(c1ccc(F)cc1)C1CC=CCC1C(=O)c1ccc(F)cc1. The Morgan fingerprint density at radius 2 is 1.00 bits per heavy atom. The first kappa shape index (κ1) is 16.2. The summed E-state index contributed by atoms with van der Waals surface area (Å²) >= 11 is 0. The van der Waals surface area contributed by atoms with Crippen molar-refractivity contribution in [3.63, 3.8) is 0 Å². The van der Waals surface area contributed by atoms with Gasteiger partial charge in [-0.2, -0.15) is 0 Å². The first-order chi connectivity index (χ1) is 11.6. The average molecular weight is 326 g/mol. The zero-order valence-corrected chi connectivity index (χ0v) is 12.9. The molecular formula is C20H16F2O2. The van der Waals surface area contributed by atoms with Crippen molar-refractivity contribution in [1.82, 2.24) is 0 Å². The van der Waals surface area contributed by atoms with E-state index in [4.69, 9.17) is 0 Å². The molecule has 0 saturated heterocycles. The van der Waals surface area contributed by atoms with Crippen molar-refractivity contribution in [2.24, 2.45) is 11.8 Å².